The molecule has 254 valence electrons. The first-order chi connectivity index (χ1) is 23.8. The van der Waals surface area contributed by atoms with Crippen molar-refractivity contribution in [2.24, 2.45) is 0 Å². The summed E-state index contributed by atoms with van der Waals surface area (Å²) in [4.78, 5) is 7.02. The van der Waals surface area contributed by atoms with Crippen LogP contribution in [0.15, 0.2) is 79.0 Å². The zero-order chi connectivity index (χ0) is 36.5. The Hall–Kier alpha value is -3.76. The Morgan fingerprint density at radius 2 is 1.51 bits per heavy atom. The number of aryl methyl sites for hydroxylation is 2. The van der Waals surface area contributed by atoms with Gasteiger partial charge in [0.2, 0.25) is 0 Å². The monoisotopic (exact) mass is 830 g/mol. The molecule has 0 unspecified atom stereocenters. The third-order valence-electron chi connectivity index (χ3n) is 10.6. The normalized spacial score (nSPS) is 21.0. The molecule has 2 aromatic heterocycles. The molecule has 0 aliphatic carbocycles. The van der Waals surface area contributed by atoms with E-state index in [0.717, 1.165) is 72.8 Å². The van der Waals surface area contributed by atoms with Crippen LogP contribution in [0.3, 0.4) is 0 Å². The fourth-order valence-corrected chi connectivity index (χ4v) is 7.46. The van der Waals surface area contributed by atoms with Crippen LogP contribution < -0.4 is 13.9 Å². The predicted molar refractivity (Wildman–Crippen MR) is 202 cm³/mol. The van der Waals surface area contributed by atoms with Crippen molar-refractivity contribution >= 4 is 50.2 Å². The van der Waals surface area contributed by atoms with Gasteiger partial charge in [-0.1, -0.05) is 82.7 Å². The van der Waals surface area contributed by atoms with Crippen molar-refractivity contribution in [3.8, 4) is 5.82 Å². The fraction of sp³-hybridized carbons (Fsp3) is 0.302. The molecule has 4 aromatic carbocycles. The number of quaternary nitrogens is 2. The van der Waals surface area contributed by atoms with Crippen LogP contribution in [0.4, 0.5) is 28.4 Å². The van der Waals surface area contributed by atoms with Gasteiger partial charge < -0.3 is 18.4 Å². The molecule has 6 heteroatoms. The summed E-state index contributed by atoms with van der Waals surface area (Å²) in [6.45, 7) is 17.7. The van der Waals surface area contributed by atoms with E-state index in [1.165, 1.54) is 5.56 Å². The topological polar surface area (TPSA) is 21.1 Å². The minimum atomic E-state index is -2.21. The number of anilines is 2. The predicted octanol–water partition coefficient (Wildman–Crippen LogP) is 10.4. The first-order valence-electron chi connectivity index (χ1n) is 18.3. The van der Waals surface area contributed by atoms with Crippen molar-refractivity contribution in [2.45, 2.75) is 66.2 Å². The van der Waals surface area contributed by atoms with Gasteiger partial charge in [0.15, 0.2) is 18.0 Å². The molecule has 0 spiro atoms. The molecule has 9 rings (SSSR count). The average Bonchev–Trinajstić information content (AvgIpc) is 3.63. The van der Waals surface area contributed by atoms with Crippen molar-refractivity contribution in [1.82, 2.24) is 18.5 Å². The maximum Gasteiger partial charge on any atom is 0.179 e. The first-order valence-corrected chi connectivity index (χ1v) is 16.8. The maximum atomic E-state index is 8.60. The summed E-state index contributed by atoms with van der Waals surface area (Å²) >= 11 is 0. The van der Waals surface area contributed by atoms with Crippen LogP contribution in [0, 0.1) is 32.6 Å². The van der Waals surface area contributed by atoms with Crippen LogP contribution in [0.25, 0.3) is 27.6 Å². The Kier molecular flexibility index (Phi) is 6.83. The Labute approximate surface area is 310 Å². The van der Waals surface area contributed by atoms with Crippen molar-refractivity contribution in [1.29, 1.82) is 0 Å². The van der Waals surface area contributed by atoms with Gasteiger partial charge in [0.1, 0.15) is 5.82 Å². The Balaban J connectivity index is 0.00000420. The molecule has 3 aliphatic heterocycles. The van der Waals surface area contributed by atoms with Gasteiger partial charge in [-0.3, -0.25) is 0 Å². The summed E-state index contributed by atoms with van der Waals surface area (Å²) in [7, 11) is 2.07. The summed E-state index contributed by atoms with van der Waals surface area (Å²) in [5.41, 5.74) is 11.1. The van der Waals surface area contributed by atoms with Gasteiger partial charge in [-0.25, -0.2) is 4.98 Å². The number of hydrogen-bond acceptors (Lipinski definition) is 2. The largest absolute Gasteiger partial charge is 0.391 e. The van der Waals surface area contributed by atoms with Crippen molar-refractivity contribution in [3.05, 3.63) is 120 Å². The Bertz CT molecular complexity index is 2390. The van der Waals surface area contributed by atoms with E-state index in [1.54, 1.807) is 0 Å². The van der Waals surface area contributed by atoms with Crippen LogP contribution in [0.2, 0.25) is 0 Å². The fourth-order valence-electron chi connectivity index (χ4n) is 7.46. The van der Waals surface area contributed by atoms with Crippen molar-refractivity contribution in [2.75, 3.05) is 25.6 Å². The summed E-state index contributed by atoms with van der Waals surface area (Å²) in [6, 6.07) is 33.4. The second-order valence-electron chi connectivity index (χ2n) is 16.0. The summed E-state index contributed by atoms with van der Waals surface area (Å²) in [5.74, 6) is 0.867. The molecule has 5 heterocycles. The minimum Gasteiger partial charge on any atom is -0.391 e. The molecule has 3 aliphatic rings. The molecule has 1 saturated heterocycles. The summed E-state index contributed by atoms with van der Waals surface area (Å²) < 4.78 is 28.2. The minimum absolute atomic E-state index is 0. The van der Waals surface area contributed by atoms with Crippen LogP contribution in [-0.4, -0.2) is 30.2 Å². The number of hydrogen-bond donors (Lipinski definition) is 0. The Morgan fingerprint density at radius 3 is 2.20 bits per heavy atom. The first kappa shape index (κ1) is 30.1. The number of para-hydroxylation sites is 1. The van der Waals surface area contributed by atoms with E-state index in [9.17, 15) is 0 Å². The Morgan fingerprint density at radius 1 is 0.816 bits per heavy atom. The molecule has 2 bridgehead atoms. The third-order valence-corrected chi connectivity index (χ3v) is 10.6. The van der Waals surface area contributed by atoms with Gasteiger partial charge in [0.05, 0.1) is 17.8 Å². The molecule has 2 atom stereocenters. The van der Waals surface area contributed by atoms with E-state index in [4.69, 9.17) is 9.10 Å². The van der Waals surface area contributed by atoms with E-state index in [1.807, 2.05) is 12.9 Å². The zero-order valence-electron chi connectivity index (χ0n) is 32.8. The second kappa shape index (κ2) is 11.1. The van der Waals surface area contributed by atoms with Crippen molar-refractivity contribution < 1.29 is 25.2 Å². The molecular weight excluding hydrogens is 782 g/mol. The van der Waals surface area contributed by atoms with Gasteiger partial charge >= 0.3 is 0 Å². The molecule has 6 aromatic rings. The van der Waals surface area contributed by atoms with Gasteiger partial charge in [-0.05, 0) is 65.0 Å². The molecule has 0 amide bonds. The number of pyridine rings is 1. The standard InChI is InChI=1S/C43H46N5.Pt/c1-28-19-39-40(20-29(28)2)48(26-47(39,10)27-48)34-22-31(43(6,7)8)21-33(24-34)45(9)32-15-16-36-35-13-11-12-14-37(35)46(38(36)25-32)41-23-30(17-18-44-41)42(3,4)5;/h11-23,26H,27H2,1-10H3;/q-1;/t47-,48+;/m0./s1/i10D3;. The summed E-state index contributed by atoms with van der Waals surface area (Å²) in [6.07, 6.45) is 1.90. The molecule has 0 N–H and O–H groups in total. The molecule has 5 nitrogen and oxygen atoms in total. The zero-order valence-corrected chi connectivity index (χ0v) is 32.1. The molecule has 0 saturated carbocycles. The van der Waals surface area contributed by atoms with E-state index in [2.05, 4.69) is 157 Å². The van der Waals surface area contributed by atoms with E-state index in [0.29, 0.717) is 11.2 Å². The van der Waals surface area contributed by atoms with Crippen molar-refractivity contribution in [3.63, 3.8) is 0 Å². The maximum absolute atomic E-state index is 8.60. The van der Waals surface area contributed by atoms with Crippen LogP contribution in [0.1, 0.15) is 67.9 Å². The average molecular weight is 831 g/mol. The second-order valence-corrected chi connectivity index (χ2v) is 16.0. The van der Waals surface area contributed by atoms with Crippen LogP contribution in [-0.2, 0) is 31.9 Å². The summed E-state index contributed by atoms with van der Waals surface area (Å²) in [5, 5.41) is 2.27. The smallest absolute Gasteiger partial charge is 0.179 e. The third kappa shape index (κ3) is 5.11. The number of nitrogens with zero attached hydrogens (tertiary/aromatic N) is 5. The van der Waals surface area contributed by atoms with Gasteiger partial charge in [-0.15, -0.1) is 35.2 Å². The molecule has 1 fully saturated rings. The molecule has 0 radical (unpaired) electrons. The van der Waals surface area contributed by atoms with Gasteiger partial charge in [0.25, 0.3) is 0 Å². The van der Waals surface area contributed by atoms with Crippen LogP contribution >= 0.6 is 0 Å². The quantitative estimate of drug-likeness (QED) is 0.130. The number of benzene rings is 4. The number of aromatic nitrogens is 2. The molecule has 49 heavy (non-hydrogen) atoms. The SMILES string of the molecule is [2H]C([2H])([2H])[N@+]12[CH-][N@+](c3[c-]c(N(C)c4[c-]c5c(cc4)c4ccccc4n5-c4cc(C(C)(C)C)ccn4)cc(C(C)(C)C)c3)(C1)c1cc(C)c(C)cc12.[Pt]. The molecular formula is C43H46N5Pt-. The van der Waals surface area contributed by atoms with Gasteiger partial charge in [-0.2, -0.15) is 6.07 Å². The number of fused-ring (bicyclic) bond motifs is 3. The van der Waals surface area contributed by atoms with E-state index < -0.39 is 6.98 Å². The van der Waals surface area contributed by atoms with Crippen LogP contribution in [0.5, 0.6) is 0 Å². The van der Waals surface area contributed by atoms with Gasteiger partial charge in [0, 0.05) is 57.6 Å². The number of rotatable bonds is 4. The van der Waals surface area contributed by atoms with E-state index in [-0.39, 0.29) is 36.4 Å². The van der Waals surface area contributed by atoms with E-state index >= 15 is 0 Å².